The second kappa shape index (κ2) is 6.05. The van der Waals surface area contributed by atoms with Crippen molar-refractivity contribution in [2.45, 2.75) is 37.3 Å². The summed E-state index contributed by atoms with van der Waals surface area (Å²) < 4.78 is 31.1. The molecule has 0 saturated carbocycles. The number of carboxylic acids is 1. The van der Waals surface area contributed by atoms with Crippen molar-refractivity contribution in [3.05, 3.63) is 29.8 Å². The van der Waals surface area contributed by atoms with E-state index < -0.39 is 34.1 Å². The summed E-state index contributed by atoms with van der Waals surface area (Å²) in [5.41, 5.74) is 0.896. The highest BCUT2D eigenvalue weighted by atomic mass is 32.2. The first kappa shape index (κ1) is 16.4. The van der Waals surface area contributed by atoms with Crippen LogP contribution in [0.4, 0.5) is 0 Å². The smallest absolute Gasteiger partial charge is 0.322 e. The molecule has 1 aromatic rings. The third-order valence-corrected chi connectivity index (χ3v) is 5.35. The fraction of sp³-hybridized carbons (Fsp3) is 0.429. The maximum absolute atomic E-state index is 12.6. The van der Waals surface area contributed by atoms with Crippen LogP contribution >= 0.6 is 0 Å². The van der Waals surface area contributed by atoms with Crippen LogP contribution in [0.15, 0.2) is 29.2 Å². The fourth-order valence-electron chi connectivity index (χ4n) is 2.42. The van der Waals surface area contributed by atoms with Gasteiger partial charge in [-0.3, -0.25) is 9.59 Å². The van der Waals surface area contributed by atoms with Gasteiger partial charge in [0, 0.05) is 13.3 Å². The molecule has 1 heterocycles. The summed E-state index contributed by atoms with van der Waals surface area (Å²) in [5, 5.41) is 9.24. The summed E-state index contributed by atoms with van der Waals surface area (Å²) in [6, 6.07) is 4.91. The van der Waals surface area contributed by atoms with Crippen molar-refractivity contribution < 1.29 is 27.9 Å². The number of benzene rings is 1. The first-order chi connectivity index (χ1) is 10.2. The number of hydrogen-bond donors (Lipinski definition) is 1. The first-order valence-electron chi connectivity index (χ1n) is 6.70. The number of nitrogens with zero attached hydrogens (tertiary/aromatic N) is 1. The molecule has 1 N–H and O–H groups in total. The maximum atomic E-state index is 12.6. The number of esters is 1. The lowest BCUT2D eigenvalue weighted by molar-refractivity contribution is -0.146. The highest BCUT2D eigenvalue weighted by Gasteiger charge is 2.45. The summed E-state index contributed by atoms with van der Waals surface area (Å²) in [6.07, 6.45) is -0.807. The Bertz CT molecular complexity index is 682. The van der Waals surface area contributed by atoms with Crippen LogP contribution in [0.25, 0.3) is 0 Å². The van der Waals surface area contributed by atoms with E-state index >= 15 is 0 Å². The molecule has 8 heteroatoms. The highest BCUT2D eigenvalue weighted by molar-refractivity contribution is 7.89. The minimum absolute atomic E-state index is 0.0211. The van der Waals surface area contributed by atoms with Gasteiger partial charge in [0.1, 0.15) is 12.1 Å². The lowest BCUT2D eigenvalue weighted by Crippen LogP contribution is -2.40. The molecular weight excluding hydrogens is 310 g/mol. The number of sulfonamides is 1. The summed E-state index contributed by atoms with van der Waals surface area (Å²) in [6.45, 7) is 2.86. The molecule has 1 fully saturated rings. The molecule has 0 unspecified atom stereocenters. The van der Waals surface area contributed by atoms with Gasteiger partial charge in [0.05, 0.1) is 11.4 Å². The van der Waals surface area contributed by atoms with E-state index in [2.05, 4.69) is 0 Å². The summed E-state index contributed by atoms with van der Waals surface area (Å²) in [5.74, 6) is -1.82. The molecule has 0 radical (unpaired) electrons. The number of aliphatic carboxylic acids is 1. The van der Waals surface area contributed by atoms with Gasteiger partial charge < -0.3 is 9.84 Å². The lowest BCUT2D eigenvalue weighted by Gasteiger charge is -2.20. The Morgan fingerprint density at radius 3 is 2.36 bits per heavy atom. The monoisotopic (exact) mass is 327 g/mol. The van der Waals surface area contributed by atoms with Crippen molar-refractivity contribution in [2.75, 3.05) is 6.54 Å². The fourth-order valence-corrected chi connectivity index (χ4v) is 4.05. The largest absolute Gasteiger partial charge is 0.480 e. The van der Waals surface area contributed by atoms with Gasteiger partial charge in [0.15, 0.2) is 0 Å². The van der Waals surface area contributed by atoms with E-state index in [1.807, 2.05) is 6.92 Å². The van der Waals surface area contributed by atoms with Crippen LogP contribution in [0, 0.1) is 6.92 Å². The Morgan fingerprint density at radius 1 is 1.27 bits per heavy atom. The Kier molecular flexibility index (Phi) is 4.52. The maximum Gasteiger partial charge on any atom is 0.322 e. The van der Waals surface area contributed by atoms with Gasteiger partial charge in [-0.05, 0) is 19.1 Å². The molecule has 0 spiro atoms. The van der Waals surface area contributed by atoms with E-state index in [1.165, 1.54) is 19.1 Å². The van der Waals surface area contributed by atoms with Gasteiger partial charge in [-0.15, -0.1) is 0 Å². The number of aryl methyl sites for hydroxylation is 1. The van der Waals surface area contributed by atoms with E-state index in [0.717, 1.165) is 9.87 Å². The molecule has 7 nitrogen and oxygen atoms in total. The van der Waals surface area contributed by atoms with Crippen molar-refractivity contribution >= 4 is 22.0 Å². The minimum atomic E-state index is -3.96. The van der Waals surface area contributed by atoms with Crippen LogP contribution in [-0.2, 0) is 24.3 Å². The molecule has 1 aromatic carbocycles. The Hall–Kier alpha value is -1.93. The Labute approximate surface area is 128 Å². The van der Waals surface area contributed by atoms with E-state index in [4.69, 9.17) is 4.74 Å². The number of carboxylic acid groups (broad SMARTS) is 1. The summed E-state index contributed by atoms with van der Waals surface area (Å²) in [4.78, 5) is 22.4. The quantitative estimate of drug-likeness (QED) is 0.820. The lowest BCUT2D eigenvalue weighted by atomic mass is 10.2. The summed E-state index contributed by atoms with van der Waals surface area (Å²) >= 11 is 0. The average Bonchev–Trinajstić information content (AvgIpc) is 2.83. The SMILES string of the molecule is CC(=O)O[C@@H]1C[C@H](C(=O)O)N(S(=O)(=O)c2ccc(C)cc2)C1. The minimum Gasteiger partial charge on any atom is -0.480 e. The van der Waals surface area contributed by atoms with E-state index in [-0.39, 0.29) is 17.9 Å². The number of ether oxygens (including phenoxy) is 1. The summed E-state index contributed by atoms with van der Waals surface area (Å²) in [7, 11) is -3.96. The van der Waals surface area contributed by atoms with Crippen molar-refractivity contribution in [2.24, 2.45) is 0 Å². The predicted molar refractivity (Wildman–Crippen MR) is 76.7 cm³/mol. The molecule has 1 aliphatic rings. The van der Waals surface area contributed by atoms with Gasteiger partial charge in [-0.25, -0.2) is 8.42 Å². The molecule has 0 aliphatic carbocycles. The van der Waals surface area contributed by atoms with E-state index in [9.17, 15) is 23.1 Å². The molecule has 2 atom stereocenters. The molecule has 1 saturated heterocycles. The van der Waals surface area contributed by atoms with Gasteiger partial charge in [-0.2, -0.15) is 4.31 Å². The third-order valence-electron chi connectivity index (χ3n) is 3.46. The molecule has 0 amide bonds. The van der Waals surface area contributed by atoms with Gasteiger partial charge in [0.25, 0.3) is 0 Å². The van der Waals surface area contributed by atoms with Gasteiger partial charge in [0.2, 0.25) is 10.0 Å². The number of carbonyl (C=O) groups is 2. The zero-order chi connectivity index (χ0) is 16.5. The van der Waals surface area contributed by atoms with Crippen LogP contribution < -0.4 is 0 Å². The average molecular weight is 327 g/mol. The molecule has 0 aromatic heterocycles. The first-order valence-corrected chi connectivity index (χ1v) is 8.14. The van der Waals surface area contributed by atoms with Crippen molar-refractivity contribution in [1.29, 1.82) is 0 Å². The second-order valence-electron chi connectivity index (χ2n) is 5.21. The zero-order valence-corrected chi connectivity index (χ0v) is 13.0. The Morgan fingerprint density at radius 2 is 1.86 bits per heavy atom. The zero-order valence-electron chi connectivity index (χ0n) is 12.2. The predicted octanol–water partition coefficient (Wildman–Crippen LogP) is 0.774. The molecule has 2 rings (SSSR count). The van der Waals surface area contributed by atoms with E-state index in [1.54, 1.807) is 12.1 Å². The normalized spacial score (nSPS) is 22.5. The number of carbonyl (C=O) groups excluding carboxylic acids is 1. The van der Waals surface area contributed by atoms with Crippen LogP contribution in [0.1, 0.15) is 18.9 Å². The molecule has 22 heavy (non-hydrogen) atoms. The molecule has 120 valence electrons. The second-order valence-corrected chi connectivity index (χ2v) is 7.10. The highest BCUT2D eigenvalue weighted by Crippen LogP contribution is 2.28. The molecule has 0 bridgehead atoms. The van der Waals surface area contributed by atoms with E-state index in [0.29, 0.717) is 0 Å². The van der Waals surface area contributed by atoms with Crippen molar-refractivity contribution in [1.82, 2.24) is 4.31 Å². The van der Waals surface area contributed by atoms with Gasteiger partial charge >= 0.3 is 11.9 Å². The van der Waals surface area contributed by atoms with Crippen LogP contribution in [-0.4, -0.2) is 48.5 Å². The van der Waals surface area contributed by atoms with Crippen molar-refractivity contribution in [3.8, 4) is 0 Å². The van der Waals surface area contributed by atoms with Gasteiger partial charge in [-0.1, -0.05) is 17.7 Å². The van der Waals surface area contributed by atoms with Crippen LogP contribution in [0.5, 0.6) is 0 Å². The number of hydrogen-bond acceptors (Lipinski definition) is 5. The van der Waals surface area contributed by atoms with Crippen LogP contribution in [0.2, 0.25) is 0 Å². The third kappa shape index (κ3) is 3.28. The number of rotatable bonds is 4. The van der Waals surface area contributed by atoms with Crippen LogP contribution in [0.3, 0.4) is 0 Å². The molecular formula is C14H17NO6S. The van der Waals surface area contributed by atoms with Crippen molar-refractivity contribution in [3.63, 3.8) is 0 Å². The standard InChI is InChI=1S/C14H17NO6S/c1-9-3-5-12(6-4-9)22(19,20)15-8-11(21-10(2)16)7-13(15)14(17)18/h3-6,11,13H,7-8H2,1-2H3,(H,17,18)/t11-,13-/m1/s1. The Balaban J connectivity index is 2.33. The molecule has 1 aliphatic heterocycles. The topological polar surface area (TPSA) is 101 Å².